The molecule has 0 atom stereocenters. The van der Waals surface area contributed by atoms with Gasteiger partial charge in [0.25, 0.3) is 5.91 Å². The van der Waals surface area contributed by atoms with Gasteiger partial charge in [-0.25, -0.2) is 9.78 Å². The van der Waals surface area contributed by atoms with E-state index in [2.05, 4.69) is 10.3 Å². The Bertz CT molecular complexity index is 420. The van der Waals surface area contributed by atoms with Crippen molar-refractivity contribution in [3.8, 4) is 0 Å². The summed E-state index contributed by atoms with van der Waals surface area (Å²) in [6, 6.07) is 4.57. The van der Waals surface area contributed by atoms with Gasteiger partial charge in [0.15, 0.2) is 0 Å². The average Bonchev–Trinajstić information content (AvgIpc) is 2.39. The molecule has 0 spiro atoms. The van der Waals surface area contributed by atoms with Crippen molar-refractivity contribution in [2.45, 2.75) is 13.3 Å². The Hall–Kier alpha value is -1.95. The van der Waals surface area contributed by atoms with Crippen molar-refractivity contribution in [3.05, 3.63) is 29.6 Å². The van der Waals surface area contributed by atoms with Gasteiger partial charge in [0, 0.05) is 13.2 Å². The predicted octanol–water partition coefficient (Wildman–Crippen LogP) is 0.370. The summed E-state index contributed by atoms with van der Waals surface area (Å²) >= 11 is 0. The molecule has 98 valence electrons. The van der Waals surface area contributed by atoms with Gasteiger partial charge in [-0.15, -0.1) is 0 Å². The maximum absolute atomic E-state index is 11.6. The Kier molecular flexibility index (Phi) is 5.79. The number of pyridine rings is 1. The highest BCUT2D eigenvalue weighted by Crippen LogP contribution is 2.01. The summed E-state index contributed by atoms with van der Waals surface area (Å²) in [7, 11) is 0. The van der Waals surface area contributed by atoms with Crippen molar-refractivity contribution in [1.29, 1.82) is 0 Å². The van der Waals surface area contributed by atoms with Crippen LogP contribution in [0.3, 0.4) is 0 Å². The summed E-state index contributed by atoms with van der Waals surface area (Å²) in [5, 5.41) is 11.2. The lowest BCUT2D eigenvalue weighted by Gasteiger charge is -2.05. The third-order valence-electron chi connectivity index (χ3n) is 2.09. The summed E-state index contributed by atoms with van der Waals surface area (Å²) in [5.74, 6) is -0.933. The van der Waals surface area contributed by atoms with Crippen LogP contribution in [0.2, 0.25) is 0 Å². The van der Waals surface area contributed by atoms with Crippen molar-refractivity contribution in [3.63, 3.8) is 0 Å². The van der Waals surface area contributed by atoms with Gasteiger partial charge in [-0.05, 0) is 25.5 Å². The number of amides is 1. The molecule has 2 N–H and O–H groups in total. The van der Waals surface area contributed by atoms with E-state index in [0.717, 1.165) is 0 Å². The molecule has 18 heavy (non-hydrogen) atoms. The fourth-order valence-corrected chi connectivity index (χ4v) is 1.25. The Morgan fingerprint density at radius 2 is 2.11 bits per heavy atom. The van der Waals surface area contributed by atoms with E-state index in [1.807, 2.05) is 0 Å². The molecule has 1 heterocycles. The number of carbonyl (C=O) groups excluding carboxylic acids is 2. The van der Waals surface area contributed by atoms with Crippen molar-refractivity contribution >= 4 is 11.9 Å². The van der Waals surface area contributed by atoms with Gasteiger partial charge in [-0.3, -0.25) is 4.79 Å². The largest absolute Gasteiger partial charge is 0.461 e. The first kappa shape index (κ1) is 14.1. The monoisotopic (exact) mass is 252 g/mol. The summed E-state index contributed by atoms with van der Waals surface area (Å²) in [4.78, 5) is 27.0. The van der Waals surface area contributed by atoms with E-state index in [4.69, 9.17) is 9.84 Å². The van der Waals surface area contributed by atoms with Crippen LogP contribution in [-0.2, 0) is 4.74 Å². The second-order valence-corrected chi connectivity index (χ2v) is 3.46. The van der Waals surface area contributed by atoms with Crippen LogP contribution in [0.15, 0.2) is 18.2 Å². The zero-order valence-electron chi connectivity index (χ0n) is 10.2. The zero-order valence-corrected chi connectivity index (χ0v) is 10.2. The molecule has 6 nitrogen and oxygen atoms in total. The van der Waals surface area contributed by atoms with Crippen molar-refractivity contribution in [2.75, 3.05) is 19.8 Å². The fraction of sp³-hybridized carbons (Fsp3) is 0.417. The summed E-state index contributed by atoms with van der Waals surface area (Å²) in [6.45, 7) is 2.33. The molecular formula is C12H16N2O4. The molecule has 0 fully saturated rings. The van der Waals surface area contributed by atoms with Crippen LogP contribution in [0, 0.1) is 0 Å². The maximum atomic E-state index is 11.6. The molecule has 6 heteroatoms. The van der Waals surface area contributed by atoms with Crippen LogP contribution in [-0.4, -0.2) is 41.7 Å². The van der Waals surface area contributed by atoms with Gasteiger partial charge in [-0.2, -0.15) is 0 Å². The smallest absolute Gasteiger partial charge is 0.356 e. The van der Waals surface area contributed by atoms with Gasteiger partial charge in [0.05, 0.1) is 6.61 Å². The van der Waals surface area contributed by atoms with Gasteiger partial charge in [0.2, 0.25) is 0 Å². The minimum Gasteiger partial charge on any atom is -0.461 e. The summed E-state index contributed by atoms with van der Waals surface area (Å²) in [6.07, 6.45) is 0.476. The number of aliphatic hydroxyl groups excluding tert-OH is 1. The molecule has 0 aliphatic carbocycles. The van der Waals surface area contributed by atoms with Crippen LogP contribution >= 0.6 is 0 Å². The van der Waals surface area contributed by atoms with E-state index >= 15 is 0 Å². The number of hydrogen-bond acceptors (Lipinski definition) is 5. The number of aromatic nitrogens is 1. The number of rotatable bonds is 6. The standard InChI is InChI=1S/C12H16N2O4/c1-2-18-12(17)10-6-3-5-9(14-10)11(16)13-7-4-8-15/h3,5-6,15H,2,4,7-8H2,1H3,(H,13,16). The minimum absolute atomic E-state index is 0.0105. The van der Waals surface area contributed by atoms with Crippen molar-refractivity contribution in [2.24, 2.45) is 0 Å². The van der Waals surface area contributed by atoms with Crippen LogP contribution in [0.25, 0.3) is 0 Å². The fourth-order valence-electron chi connectivity index (χ4n) is 1.25. The van der Waals surface area contributed by atoms with Gasteiger partial charge < -0.3 is 15.2 Å². The molecule has 1 aromatic heterocycles. The van der Waals surface area contributed by atoms with Crippen LogP contribution < -0.4 is 5.32 Å². The number of nitrogens with zero attached hydrogens (tertiary/aromatic N) is 1. The third-order valence-corrected chi connectivity index (χ3v) is 2.09. The molecule has 0 aliphatic rings. The Morgan fingerprint density at radius 3 is 2.78 bits per heavy atom. The quantitative estimate of drug-likeness (QED) is 0.564. The second kappa shape index (κ2) is 7.39. The zero-order chi connectivity index (χ0) is 13.4. The lowest BCUT2D eigenvalue weighted by molar-refractivity contribution is 0.0519. The molecule has 0 radical (unpaired) electrons. The Labute approximate surface area is 105 Å². The summed E-state index contributed by atoms with van der Waals surface area (Å²) in [5.41, 5.74) is 0.255. The SMILES string of the molecule is CCOC(=O)c1cccc(C(=O)NCCCO)n1. The number of hydrogen-bond donors (Lipinski definition) is 2. The number of ether oxygens (including phenoxy) is 1. The predicted molar refractivity (Wildman–Crippen MR) is 64.2 cm³/mol. The van der Waals surface area contributed by atoms with Crippen LogP contribution in [0.5, 0.6) is 0 Å². The average molecular weight is 252 g/mol. The van der Waals surface area contributed by atoms with Gasteiger partial charge in [0.1, 0.15) is 11.4 Å². The second-order valence-electron chi connectivity index (χ2n) is 3.46. The minimum atomic E-state index is -0.553. The molecule has 0 saturated carbocycles. The lowest BCUT2D eigenvalue weighted by Crippen LogP contribution is -2.26. The van der Waals surface area contributed by atoms with E-state index in [-0.39, 0.29) is 30.5 Å². The van der Waals surface area contributed by atoms with Crippen LogP contribution in [0.1, 0.15) is 34.3 Å². The molecule has 1 rings (SSSR count). The first-order valence-electron chi connectivity index (χ1n) is 5.72. The molecule has 0 unspecified atom stereocenters. The van der Waals surface area contributed by atoms with E-state index in [1.54, 1.807) is 13.0 Å². The number of nitrogens with one attached hydrogen (secondary N) is 1. The highest BCUT2D eigenvalue weighted by Gasteiger charge is 2.12. The Balaban J connectivity index is 2.69. The Morgan fingerprint density at radius 1 is 1.39 bits per heavy atom. The molecule has 0 aliphatic heterocycles. The van der Waals surface area contributed by atoms with Gasteiger partial charge >= 0.3 is 5.97 Å². The third kappa shape index (κ3) is 4.14. The first-order valence-corrected chi connectivity index (χ1v) is 5.72. The van der Waals surface area contributed by atoms with Crippen molar-refractivity contribution < 1.29 is 19.4 Å². The van der Waals surface area contributed by atoms with Crippen molar-refractivity contribution in [1.82, 2.24) is 10.3 Å². The number of esters is 1. The van der Waals surface area contributed by atoms with Gasteiger partial charge in [-0.1, -0.05) is 6.07 Å². The number of aliphatic hydroxyl groups is 1. The molecular weight excluding hydrogens is 236 g/mol. The normalized spacial score (nSPS) is 9.89. The van der Waals surface area contributed by atoms with E-state index in [9.17, 15) is 9.59 Å². The lowest BCUT2D eigenvalue weighted by atomic mass is 10.3. The molecule has 0 aromatic carbocycles. The highest BCUT2D eigenvalue weighted by atomic mass is 16.5. The molecule has 1 aromatic rings. The number of carbonyl (C=O) groups is 2. The summed E-state index contributed by atoms with van der Waals surface area (Å²) < 4.78 is 4.80. The molecule has 0 saturated heterocycles. The van der Waals surface area contributed by atoms with Crippen LogP contribution in [0.4, 0.5) is 0 Å². The highest BCUT2D eigenvalue weighted by molar-refractivity contribution is 5.94. The van der Waals surface area contributed by atoms with E-state index in [1.165, 1.54) is 12.1 Å². The molecule has 0 bridgehead atoms. The molecule has 1 amide bonds. The maximum Gasteiger partial charge on any atom is 0.356 e. The van der Waals surface area contributed by atoms with E-state index in [0.29, 0.717) is 13.0 Å². The van der Waals surface area contributed by atoms with E-state index < -0.39 is 5.97 Å². The topological polar surface area (TPSA) is 88.5 Å². The first-order chi connectivity index (χ1) is 8.69.